The van der Waals surface area contributed by atoms with Gasteiger partial charge in [-0.2, -0.15) is 4.98 Å². The van der Waals surface area contributed by atoms with E-state index in [1.165, 1.54) is 0 Å². The second kappa shape index (κ2) is 4.41. The Balaban J connectivity index is 2.97. The molecule has 0 radical (unpaired) electrons. The lowest BCUT2D eigenvalue weighted by Gasteiger charge is -2.27. The summed E-state index contributed by atoms with van der Waals surface area (Å²) in [6.07, 6.45) is 1.60. The largest absolute Gasteiger partial charge is 0.367 e. The molecule has 0 aliphatic rings. The van der Waals surface area contributed by atoms with Crippen LogP contribution in [0.3, 0.4) is 0 Å². The maximum atomic E-state index is 5.69. The number of ether oxygens (including phenoxy) is 1. The lowest BCUT2D eigenvalue weighted by molar-refractivity contribution is -0.0583. The highest BCUT2D eigenvalue weighted by atomic mass is 16.5. The molecule has 0 bridgehead atoms. The van der Waals surface area contributed by atoms with Crippen molar-refractivity contribution in [2.45, 2.75) is 39.2 Å². The third kappa shape index (κ3) is 1.87. The van der Waals surface area contributed by atoms with Crippen molar-refractivity contribution >= 4 is 6.01 Å². The van der Waals surface area contributed by atoms with Crippen molar-refractivity contribution in [3.05, 3.63) is 5.82 Å². The van der Waals surface area contributed by atoms with Crippen molar-refractivity contribution in [1.29, 1.82) is 0 Å². The van der Waals surface area contributed by atoms with Gasteiger partial charge in [0.05, 0.1) is 0 Å². The molecule has 80 valence electrons. The number of rotatable bonds is 5. The summed E-state index contributed by atoms with van der Waals surface area (Å²) < 4.78 is 10.4. The molecule has 0 saturated carbocycles. The van der Waals surface area contributed by atoms with Crippen LogP contribution in [0.25, 0.3) is 0 Å². The van der Waals surface area contributed by atoms with E-state index in [9.17, 15) is 0 Å². The van der Waals surface area contributed by atoms with Crippen molar-refractivity contribution < 1.29 is 9.26 Å². The van der Waals surface area contributed by atoms with E-state index in [0.717, 1.165) is 12.8 Å². The van der Waals surface area contributed by atoms with Crippen LogP contribution in [-0.4, -0.2) is 16.7 Å². The smallest absolute Gasteiger partial charge is 0.318 e. The molecule has 5 nitrogen and oxygen atoms in total. The van der Waals surface area contributed by atoms with Crippen LogP contribution in [0.15, 0.2) is 4.52 Å². The van der Waals surface area contributed by atoms with E-state index in [-0.39, 0.29) is 6.01 Å². The van der Waals surface area contributed by atoms with Crippen LogP contribution in [-0.2, 0) is 10.3 Å². The fraction of sp³-hybridized carbons (Fsp3) is 0.778. The molecule has 0 spiro atoms. The Labute approximate surface area is 83.6 Å². The van der Waals surface area contributed by atoms with Gasteiger partial charge < -0.3 is 15.0 Å². The second-order valence-electron chi connectivity index (χ2n) is 3.09. The van der Waals surface area contributed by atoms with E-state index < -0.39 is 5.60 Å². The van der Waals surface area contributed by atoms with Gasteiger partial charge in [-0.05, 0) is 19.8 Å². The zero-order valence-corrected chi connectivity index (χ0v) is 8.91. The van der Waals surface area contributed by atoms with Crippen molar-refractivity contribution in [3.63, 3.8) is 0 Å². The molecule has 0 aliphatic carbocycles. The van der Waals surface area contributed by atoms with Gasteiger partial charge in [0.25, 0.3) is 0 Å². The highest BCUT2D eigenvalue weighted by Gasteiger charge is 2.34. The van der Waals surface area contributed by atoms with Gasteiger partial charge >= 0.3 is 6.01 Å². The summed E-state index contributed by atoms with van der Waals surface area (Å²) in [5.41, 5.74) is 4.94. The van der Waals surface area contributed by atoms with Crippen LogP contribution in [0.5, 0.6) is 0 Å². The standard InChI is InChI=1S/C9H17N3O2/c1-4-9(5-2,13-6-3)7-11-8(10)14-12-7/h4-6H2,1-3H3,(H2,10,11,12). The van der Waals surface area contributed by atoms with Crippen molar-refractivity contribution in [3.8, 4) is 0 Å². The molecule has 0 saturated heterocycles. The minimum Gasteiger partial charge on any atom is -0.367 e. The van der Waals surface area contributed by atoms with E-state index >= 15 is 0 Å². The summed E-state index contributed by atoms with van der Waals surface area (Å²) in [5.74, 6) is 0.543. The number of anilines is 1. The molecule has 0 atom stereocenters. The molecule has 1 heterocycles. The zero-order chi connectivity index (χ0) is 10.6. The van der Waals surface area contributed by atoms with Gasteiger partial charge in [0.1, 0.15) is 5.60 Å². The normalized spacial score (nSPS) is 11.9. The molecule has 1 rings (SSSR count). The summed E-state index contributed by atoms with van der Waals surface area (Å²) in [7, 11) is 0. The Bertz CT molecular complexity index is 281. The van der Waals surface area contributed by atoms with Gasteiger partial charge in [-0.1, -0.05) is 19.0 Å². The summed E-state index contributed by atoms with van der Waals surface area (Å²) >= 11 is 0. The Morgan fingerprint density at radius 1 is 1.36 bits per heavy atom. The molecule has 2 N–H and O–H groups in total. The summed E-state index contributed by atoms with van der Waals surface area (Å²) in [5, 5.41) is 3.81. The highest BCUT2D eigenvalue weighted by Crippen LogP contribution is 2.30. The first kappa shape index (κ1) is 11.0. The number of hydrogen-bond acceptors (Lipinski definition) is 5. The minimum absolute atomic E-state index is 0.0889. The van der Waals surface area contributed by atoms with Crippen molar-refractivity contribution in [2.24, 2.45) is 0 Å². The maximum Gasteiger partial charge on any atom is 0.318 e. The van der Waals surface area contributed by atoms with E-state index in [1.54, 1.807) is 0 Å². The molecule has 1 aromatic rings. The first-order valence-electron chi connectivity index (χ1n) is 4.92. The lowest BCUT2D eigenvalue weighted by Crippen LogP contribution is -2.29. The van der Waals surface area contributed by atoms with E-state index in [4.69, 9.17) is 15.0 Å². The number of nitrogen functional groups attached to an aromatic ring is 1. The van der Waals surface area contributed by atoms with Crippen LogP contribution < -0.4 is 5.73 Å². The van der Waals surface area contributed by atoms with Crippen LogP contribution >= 0.6 is 0 Å². The third-order valence-corrected chi connectivity index (χ3v) is 2.41. The molecular weight excluding hydrogens is 182 g/mol. The highest BCUT2D eigenvalue weighted by molar-refractivity contribution is 5.12. The predicted octanol–water partition coefficient (Wildman–Crippen LogP) is 1.70. The first-order chi connectivity index (χ1) is 6.68. The quantitative estimate of drug-likeness (QED) is 0.781. The zero-order valence-electron chi connectivity index (χ0n) is 8.91. The van der Waals surface area contributed by atoms with Gasteiger partial charge in [-0.3, -0.25) is 0 Å². The van der Waals surface area contributed by atoms with Gasteiger partial charge in [-0.15, -0.1) is 0 Å². The van der Waals surface area contributed by atoms with Crippen LogP contribution in [0.2, 0.25) is 0 Å². The number of aromatic nitrogens is 2. The summed E-state index contributed by atoms with van der Waals surface area (Å²) in [4.78, 5) is 4.02. The van der Waals surface area contributed by atoms with Gasteiger partial charge in [0, 0.05) is 6.61 Å². The Morgan fingerprint density at radius 2 is 2.00 bits per heavy atom. The van der Waals surface area contributed by atoms with Gasteiger partial charge in [0.2, 0.25) is 5.82 Å². The molecular formula is C9H17N3O2. The van der Waals surface area contributed by atoms with Gasteiger partial charge in [-0.25, -0.2) is 0 Å². The molecule has 14 heavy (non-hydrogen) atoms. The molecule has 0 unspecified atom stereocenters. The lowest BCUT2D eigenvalue weighted by atomic mass is 9.96. The van der Waals surface area contributed by atoms with Crippen LogP contribution in [0, 0.1) is 0 Å². The molecule has 0 amide bonds. The topological polar surface area (TPSA) is 74.2 Å². The molecule has 0 fully saturated rings. The Kier molecular flexibility index (Phi) is 3.46. The predicted molar refractivity (Wildman–Crippen MR) is 52.6 cm³/mol. The third-order valence-electron chi connectivity index (χ3n) is 2.41. The monoisotopic (exact) mass is 199 g/mol. The van der Waals surface area contributed by atoms with Crippen molar-refractivity contribution in [2.75, 3.05) is 12.3 Å². The van der Waals surface area contributed by atoms with Crippen LogP contribution in [0.4, 0.5) is 6.01 Å². The fourth-order valence-corrected chi connectivity index (χ4v) is 1.53. The number of nitrogens with zero attached hydrogens (tertiary/aromatic N) is 2. The molecule has 0 aromatic carbocycles. The average molecular weight is 199 g/mol. The Hall–Kier alpha value is -1.10. The molecule has 5 heteroatoms. The van der Waals surface area contributed by atoms with E-state index in [1.807, 2.05) is 20.8 Å². The van der Waals surface area contributed by atoms with E-state index in [2.05, 4.69) is 10.1 Å². The minimum atomic E-state index is -0.449. The summed E-state index contributed by atoms with van der Waals surface area (Å²) in [6, 6.07) is 0.0889. The number of hydrogen-bond donors (Lipinski definition) is 1. The van der Waals surface area contributed by atoms with Crippen molar-refractivity contribution in [1.82, 2.24) is 10.1 Å². The van der Waals surface area contributed by atoms with Gasteiger partial charge in [0.15, 0.2) is 0 Å². The SMILES string of the molecule is CCOC(CC)(CC)c1noc(N)n1. The first-order valence-corrected chi connectivity index (χ1v) is 4.92. The Morgan fingerprint density at radius 3 is 2.36 bits per heavy atom. The second-order valence-corrected chi connectivity index (χ2v) is 3.09. The maximum absolute atomic E-state index is 5.69. The summed E-state index contributed by atoms with van der Waals surface area (Å²) in [6.45, 7) is 6.64. The van der Waals surface area contributed by atoms with Crippen LogP contribution in [0.1, 0.15) is 39.4 Å². The molecule has 1 aromatic heterocycles. The number of nitrogens with two attached hydrogens (primary N) is 1. The average Bonchev–Trinajstić information content (AvgIpc) is 2.62. The van der Waals surface area contributed by atoms with E-state index in [0.29, 0.717) is 12.4 Å². The molecule has 0 aliphatic heterocycles. The fourth-order valence-electron chi connectivity index (χ4n) is 1.53.